The van der Waals surface area contributed by atoms with Crippen LogP contribution in [0.4, 0.5) is 10.5 Å². The Balaban J connectivity index is 1.83. The number of aryl methyl sites for hydroxylation is 1. The van der Waals surface area contributed by atoms with Crippen LogP contribution in [0.5, 0.6) is 0 Å². The van der Waals surface area contributed by atoms with E-state index in [2.05, 4.69) is 10.4 Å². The normalized spacial score (nSPS) is 27.4. The molecular weight excluding hydrogens is 398 g/mol. The molecule has 1 aliphatic heterocycles. The molecule has 29 heavy (non-hydrogen) atoms. The van der Waals surface area contributed by atoms with Crippen molar-refractivity contribution in [2.45, 2.75) is 58.0 Å². The van der Waals surface area contributed by atoms with E-state index in [0.29, 0.717) is 26.1 Å². The van der Waals surface area contributed by atoms with E-state index >= 15 is 0 Å². The second-order valence-electron chi connectivity index (χ2n) is 8.19. The van der Waals surface area contributed by atoms with E-state index in [0.717, 1.165) is 23.6 Å². The minimum Gasteiger partial charge on any atom is -0.608 e. The fraction of sp³-hybridized carbons (Fsp3) is 0.778. The van der Waals surface area contributed by atoms with Crippen LogP contribution in [0.25, 0.3) is 0 Å². The third kappa shape index (κ3) is 4.73. The maximum absolute atomic E-state index is 13.2. The molecule has 2 amide bonds. The number of carbonyl (C=O) groups is 1. The van der Waals surface area contributed by atoms with Gasteiger partial charge in [-0.1, -0.05) is 20.3 Å². The van der Waals surface area contributed by atoms with Gasteiger partial charge in [-0.2, -0.15) is 18.0 Å². The highest BCUT2D eigenvalue weighted by atomic mass is 32.2. The third-order valence-corrected chi connectivity index (χ3v) is 7.67. The molecule has 1 saturated carbocycles. The fourth-order valence-electron chi connectivity index (χ4n) is 4.37. The summed E-state index contributed by atoms with van der Waals surface area (Å²) in [4.78, 5) is 12.7. The number of aromatic nitrogens is 2. The molecule has 1 aromatic rings. The van der Waals surface area contributed by atoms with Gasteiger partial charge in [-0.15, -0.1) is 0 Å². The van der Waals surface area contributed by atoms with E-state index < -0.39 is 26.8 Å². The van der Waals surface area contributed by atoms with Crippen molar-refractivity contribution in [3.8, 4) is 0 Å². The molecular formula is C18H31N5O5S. The Bertz CT molecular complexity index is 797. The number of hydrogen-bond acceptors (Lipinski definition) is 6. The van der Waals surface area contributed by atoms with E-state index in [1.165, 1.54) is 17.1 Å². The number of nitrogens with one attached hydrogen (secondary N) is 2. The number of quaternary nitrogens is 1. The molecule has 0 radical (unpaired) electrons. The summed E-state index contributed by atoms with van der Waals surface area (Å²) < 4.78 is 32.9. The van der Waals surface area contributed by atoms with Gasteiger partial charge in [-0.25, -0.2) is 9.10 Å². The Morgan fingerprint density at radius 1 is 1.28 bits per heavy atom. The van der Waals surface area contributed by atoms with Crippen LogP contribution in [-0.2, 0) is 22.0 Å². The van der Waals surface area contributed by atoms with Gasteiger partial charge in [-0.05, 0) is 37.5 Å². The highest BCUT2D eigenvalue weighted by molar-refractivity contribution is 7.86. The molecule has 1 saturated heterocycles. The monoisotopic (exact) mass is 429 g/mol. The summed E-state index contributed by atoms with van der Waals surface area (Å²) in [6.45, 7) is 4.83. The van der Waals surface area contributed by atoms with Crippen LogP contribution >= 0.6 is 0 Å². The zero-order chi connectivity index (χ0) is 21.2. The molecule has 2 fully saturated rings. The predicted molar refractivity (Wildman–Crippen MR) is 107 cm³/mol. The Morgan fingerprint density at radius 2 is 1.90 bits per heavy atom. The molecule has 0 aromatic carbocycles. The number of hydrogen-bond donors (Lipinski definition) is 2. The first-order valence-corrected chi connectivity index (χ1v) is 11.6. The molecule has 1 aromatic heterocycles. The number of amides is 2. The smallest absolute Gasteiger partial charge is 0.432 e. The van der Waals surface area contributed by atoms with Crippen molar-refractivity contribution < 1.29 is 22.4 Å². The van der Waals surface area contributed by atoms with Crippen molar-refractivity contribution in [2.24, 2.45) is 18.9 Å². The van der Waals surface area contributed by atoms with Crippen molar-refractivity contribution >= 4 is 21.9 Å². The molecule has 0 bridgehead atoms. The van der Waals surface area contributed by atoms with Crippen molar-refractivity contribution in [2.75, 3.05) is 17.5 Å². The van der Waals surface area contributed by atoms with Gasteiger partial charge < -0.3 is 15.3 Å². The second kappa shape index (κ2) is 8.99. The van der Waals surface area contributed by atoms with E-state index in [1.54, 1.807) is 7.05 Å². The molecule has 1 aliphatic carbocycles. The average Bonchev–Trinajstić information content (AvgIpc) is 3.10. The van der Waals surface area contributed by atoms with Gasteiger partial charge in [-0.3, -0.25) is 4.68 Å². The maximum Gasteiger partial charge on any atom is 0.432 e. The predicted octanol–water partition coefficient (Wildman–Crippen LogP) is 0.567. The number of hydroxylamine groups is 1. The quantitative estimate of drug-likeness (QED) is 0.660. The van der Waals surface area contributed by atoms with E-state index in [4.69, 9.17) is 4.74 Å². The third-order valence-electron chi connectivity index (χ3n) is 5.99. The lowest BCUT2D eigenvalue weighted by atomic mass is 9.79. The Kier molecular flexibility index (Phi) is 6.82. The van der Waals surface area contributed by atoms with Gasteiger partial charge >= 0.3 is 16.2 Å². The van der Waals surface area contributed by atoms with Crippen LogP contribution in [0.2, 0.25) is 0 Å². The number of nitrogens with zero attached hydrogens (tertiary/aromatic N) is 3. The molecule has 2 N–H and O–H groups in total. The van der Waals surface area contributed by atoms with Crippen LogP contribution in [0.3, 0.4) is 0 Å². The van der Waals surface area contributed by atoms with Gasteiger partial charge in [0, 0.05) is 32.5 Å². The largest absolute Gasteiger partial charge is 0.608 e. The molecule has 164 valence electrons. The van der Waals surface area contributed by atoms with Crippen molar-refractivity contribution in [3.63, 3.8) is 0 Å². The van der Waals surface area contributed by atoms with E-state index in [9.17, 15) is 18.4 Å². The number of carbonyl (C=O) groups excluding carboxylic acids is 1. The van der Waals surface area contributed by atoms with Crippen molar-refractivity contribution in [3.05, 3.63) is 17.6 Å². The SMILES string of the molecule is CC1CCCC(C)C1NC(=O)[NH+]([O-])S(=O)(=O)N(c1cnn(C)c1)C1CCOCC1. The van der Waals surface area contributed by atoms with Crippen LogP contribution in [0.15, 0.2) is 12.4 Å². The summed E-state index contributed by atoms with van der Waals surface area (Å²) in [5.74, 6) is 0.395. The molecule has 3 atom stereocenters. The standard InChI is InChI=1S/C18H31N5O5S/c1-13-5-4-6-14(2)17(13)20-18(24)23(25)29(26,27)22(15-7-9-28-10-8-15)16-11-19-21(3)12-16/h11-15,17,23H,4-10H2,1-3H3,(H,20,24). The summed E-state index contributed by atoms with van der Waals surface area (Å²) in [5, 5.41) is 19.5. The first-order valence-electron chi connectivity index (χ1n) is 10.2. The minimum absolute atomic E-state index is 0.197. The van der Waals surface area contributed by atoms with Gasteiger partial charge in [0.1, 0.15) is 0 Å². The van der Waals surface area contributed by atoms with Gasteiger partial charge in [0.15, 0.2) is 0 Å². The zero-order valence-electron chi connectivity index (χ0n) is 17.2. The Morgan fingerprint density at radius 3 is 2.45 bits per heavy atom. The lowest BCUT2D eigenvalue weighted by Crippen LogP contribution is -3.15. The minimum atomic E-state index is -4.55. The van der Waals surface area contributed by atoms with Crippen molar-refractivity contribution in [1.82, 2.24) is 15.1 Å². The molecule has 11 heteroatoms. The summed E-state index contributed by atoms with van der Waals surface area (Å²) in [6.07, 6.45) is 6.77. The fourth-order valence-corrected chi connectivity index (χ4v) is 5.82. The highest BCUT2D eigenvalue weighted by Crippen LogP contribution is 2.29. The number of ether oxygens (including phenoxy) is 1. The molecule has 0 spiro atoms. The highest BCUT2D eigenvalue weighted by Gasteiger charge is 2.41. The first-order chi connectivity index (χ1) is 13.7. The lowest BCUT2D eigenvalue weighted by molar-refractivity contribution is -0.609. The van der Waals surface area contributed by atoms with Crippen molar-refractivity contribution in [1.29, 1.82) is 0 Å². The maximum atomic E-state index is 13.2. The van der Waals surface area contributed by atoms with Gasteiger partial charge in [0.2, 0.25) is 0 Å². The number of urea groups is 1. The van der Waals surface area contributed by atoms with Crippen LogP contribution in [0, 0.1) is 17.0 Å². The van der Waals surface area contributed by atoms with Gasteiger partial charge in [0.05, 0.1) is 17.9 Å². The number of rotatable bonds is 5. The lowest BCUT2D eigenvalue weighted by Gasteiger charge is -2.37. The Labute approximate surface area is 171 Å². The topological polar surface area (TPSA) is 121 Å². The zero-order valence-corrected chi connectivity index (χ0v) is 18.0. The summed E-state index contributed by atoms with van der Waals surface area (Å²) in [5.41, 5.74) is 0.278. The Hall–Kier alpha value is -1.69. The first kappa shape index (κ1) is 22.0. The van der Waals surface area contributed by atoms with E-state index in [-0.39, 0.29) is 23.6 Å². The molecule has 2 aliphatic rings. The van der Waals surface area contributed by atoms with Gasteiger partial charge in [0.25, 0.3) is 0 Å². The van der Waals surface area contributed by atoms with Crippen LogP contribution in [0.1, 0.15) is 46.0 Å². The number of anilines is 1. The summed E-state index contributed by atoms with van der Waals surface area (Å²) in [6, 6.07) is -1.72. The average molecular weight is 430 g/mol. The molecule has 3 unspecified atom stereocenters. The second-order valence-corrected chi connectivity index (χ2v) is 9.90. The summed E-state index contributed by atoms with van der Waals surface area (Å²) in [7, 11) is -2.89. The van der Waals surface area contributed by atoms with Crippen LogP contribution in [-0.4, -0.2) is 49.5 Å². The van der Waals surface area contributed by atoms with Crippen LogP contribution < -0.4 is 14.1 Å². The molecule has 3 rings (SSSR count). The molecule has 10 nitrogen and oxygen atoms in total. The summed E-state index contributed by atoms with van der Waals surface area (Å²) >= 11 is 0. The molecule has 2 heterocycles. The van der Waals surface area contributed by atoms with E-state index in [1.807, 2.05) is 13.8 Å².